The van der Waals surface area contributed by atoms with E-state index in [-0.39, 0.29) is 17.6 Å². The van der Waals surface area contributed by atoms with Crippen LogP contribution < -0.4 is 4.90 Å². The van der Waals surface area contributed by atoms with Gasteiger partial charge in [-0.1, -0.05) is 92.2 Å². The number of benzene rings is 3. The van der Waals surface area contributed by atoms with Gasteiger partial charge in [0, 0.05) is 0 Å². The van der Waals surface area contributed by atoms with Crippen LogP contribution in [-0.2, 0) is 14.4 Å². The Balaban J connectivity index is 1.67. The topological polar surface area (TPSA) is 54.5 Å². The number of carbonyl (C=O) groups is 3. The second-order valence-electron chi connectivity index (χ2n) is 10.5. The van der Waals surface area contributed by atoms with Crippen LogP contribution in [0, 0.1) is 29.6 Å². The number of hydrogen-bond donors (Lipinski definition) is 0. The summed E-state index contributed by atoms with van der Waals surface area (Å²) in [5.74, 6) is -1.90. The Bertz CT molecular complexity index is 1440. The number of allylic oxidation sites excluding steroid dienone is 2. The van der Waals surface area contributed by atoms with Gasteiger partial charge in [-0.15, -0.1) is 0 Å². The van der Waals surface area contributed by atoms with Crippen LogP contribution >= 0.6 is 0 Å². The molecule has 36 heavy (non-hydrogen) atoms. The van der Waals surface area contributed by atoms with Crippen molar-refractivity contribution in [1.82, 2.24) is 0 Å². The Kier molecular flexibility index (Phi) is 4.95. The van der Waals surface area contributed by atoms with Gasteiger partial charge in [-0.2, -0.15) is 0 Å². The molecule has 1 saturated carbocycles. The first-order valence-electron chi connectivity index (χ1n) is 12.7. The van der Waals surface area contributed by atoms with Crippen molar-refractivity contribution < 1.29 is 14.4 Å². The van der Waals surface area contributed by atoms with Crippen molar-refractivity contribution >= 4 is 34.4 Å². The maximum atomic E-state index is 14.6. The van der Waals surface area contributed by atoms with E-state index in [4.69, 9.17) is 0 Å². The predicted octanol–water partition coefficient (Wildman–Crippen LogP) is 6.10. The van der Waals surface area contributed by atoms with Crippen LogP contribution in [0.3, 0.4) is 0 Å². The zero-order chi connectivity index (χ0) is 25.2. The SMILES string of the molecule is CCC[C@@]12C(=O)[C@@](C)(C(c3ccccc3)=C1c1ccccc1)[C@H]1C(=O)N(c3ccccc3C)C(=O)[C@@H]12. The standard InChI is InChI=1S/C32H29NO3/c1-4-19-32-25(22-16-9-6-10-17-22)24(21-14-7-5-8-15-21)31(3,30(32)36)26-27(32)29(35)33(28(26)34)23-18-12-11-13-20(23)2/h5-18,26-27H,4,19H2,1-3H3/t26-,27-,31+,32-/m1/s1. The number of para-hydroxylation sites is 1. The molecule has 2 amide bonds. The van der Waals surface area contributed by atoms with Gasteiger partial charge in [0.2, 0.25) is 11.8 Å². The maximum absolute atomic E-state index is 14.6. The fourth-order valence-electron chi connectivity index (χ4n) is 7.41. The summed E-state index contributed by atoms with van der Waals surface area (Å²) in [6.07, 6.45) is 1.26. The van der Waals surface area contributed by atoms with Gasteiger partial charge >= 0.3 is 0 Å². The Labute approximate surface area is 211 Å². The smallest absolute Gasteiger partial charge is 0.239 e. The summed E-state index contributed by atoms with van der Waals surface area (Å²) < 4.78 is 0. The second kappa shape index (κ2) is 7.86. The Morgan fingerprint density at radius 2 is 1.25 bits per heavy atom. The lowest BCUT2D eigenvalue weighted by Crippen LogP contribution is -2.41. The van der Waals surface area contributed by atoms with Gasteiger partial charge in [-0.3, -0.25) is 14.4 Å². The minimum atomic E-state index is -1.09. The van der Waals surface area contributed by atoms with Crippen LogP contribution in [0.15, 0.2) is 84.9 Å². The highest BCUT2D eigenvalue weighted by Crippen LogP contribution is 2.75. The van der Waals surface area contributed by atoms with Crippen molar-refractivity contribution in [2.45, 2.75) is 33.6 Å². The molecule has 3 aromatic carbocycles. The van der Waals surface area contributed by atoms with Gasteiger partial charge in [0.1, 0.15) is 0 Å². The maximum Gasteiger partial charge on any atom is 0.239 e. The molecule has 3 aromatic rings. The molecule has 0 N–H and O–H groups in total. The third kappa shape index (κ3) is 2.62. The van der Waals surface area contributed by atoms with E-state index in [0.29, 0.717) is 12.1 Å². The van der Waals surface area contributed by atoms with Gasteiger partial charge in [0.05, 0.1) is 28.4 Å². The van der Waals surface area contributed by atoms with E-state index < -0.39 is 22.7 Å². The number of hydrogen-bond acceptors (Lipinski definition) is 3. The van der Waals surface area contributed by atoms with Gasteiger partial charge in [-0.05, 0) is 54.2 Å². The molecule has 4 heteroatoms. The highest BCUT2D eigenvalue weighted by Gasteiger charge is 2.80. The number of imide groups is 1. The zero-order valence-electron chi connectivity index (χ0n) is 20.8. The van der Waals surface area contributed by atoms with E-state index in [0.717, 1.165) is 34.3 Å². The number of nitrogens with zero attached hydrogens (tertiary/aromatic N) is 1. The van der Waals surface area contributed by atoms with E-state index in [1.54, 1.807) is 0 Å². The number of Topliss-reactive ketones (excluding diaryl/α,β-unsaturated/α-hetero) is 1. The first-order valence-corrected chi connectivity index (χ1v) is 12.7. The van der Waals surface area contributed by atoms with Crippen molar-refractivity contribution in [3.05, 3.63) is 102 Å². The van der Waals surface area contributed by atoms with Crippen molar-refractivity contribution in [3.63, 3.8) is 0 Å². The number of rotatable bonds is 5. The minimum absolute atomic E-state index is 0.0238. The average Bonchev–Trinajstić information content (AvgIpc) is 3.35. The van der Waals surface area contributed by atoms with Crippen LogP contribution in [-0.4, -0.2) is 17.6 Å². The lowest BCUT2D eigenvalue weighted by Gasteiger charge is -2.37. The van der Waals surface area contributed by atoms with E-state index >= 15 is 0 Å². The molecule has 2 aliphatic carbocycles. The van der Waals surface area contributed by atoms with E-state index in [2.05, 4.69) is 6.92 Å². The molecule has 4 atom stereocenters. The van der Waals surface area contributed by atoms with Crippen LogP contribution in [0.1, 0.15) is 43.4 Å². The molecular weight excluding hydrogens is 446 g/mol. The fraction of sp³-hybridized carbons (Fsp3) is 0.281. The normalized spacial score (nSPS) is 28.9. The first-order chi connectivity index (χ1) is 17.4. The van der Waals surface area contributed by atoms with Crippen LogP contribution in [0.5, 0.6) is 0 Å². The summed E-state index contributed by atoms with van der Waals surface area (Å²) >= 11 is 0. The van der Waals surface area contributed by atoms with Gasteiger partial charge in [-0.25, -0.2) is 4.90 Å². The Hall–Kier alpha value is -3.79. The monoisotopic (exact) mass is 475 g/mol. The lowest BCUT2D eigenvalue weighted by molar-refractivity contribution is -0.134. The summed E-state index contributed by atoms with van der Waals surface area (Å²) in [6.45, 7) is 5.88. The molecule has 4 nitrogen and oxygen atoms in total. The highest BCUT2D eigenvalue weighted by atomic mass is 16.2. The summed E-state index contributed by atoms with van der Waals surface area (Å²) in [7, 11) is 0. The molecule has 1 saturated heterocycles. The van der Waals surface area contributed by atoms with E-state index in [1.165, 1.54) is 4.90 Å². The fourth-order valence-corrected chi connectivity index (χ4v) is 7.41. The molecule has 2 bridgehead atoms. The zero-order valence-corrected chi connectivity index (χ0v) is 20.8. The number of fused-ring (bicyclic) bond motifs is 5. The molecular formula is C32H29NO3. The molecule has 2 fully saturated rings. The summed E-state index contributed by atoms with van der Waals surface area (Å²) in [4.78, 5) is 44.4. The average molecular weight is 476 g/mol. The molecule has 180 valence electrons. The molecule has 1 heterocycles. The van der Waals surface area contributed by atoms with Gasteiger partial charge in [0.25, 0.3) is 0 Å². The number of ketones is 1. The van der Waals surface area contributed by atoms with Crippen molar-refractivity contribution in [3.8, 4) is 0 Å². The number of carbonyl (C=O) groups excluding carboxylic acids is 3. The molecule has 1 aliphatic heterocycles. The van der Waals surface area contributed by atoms with Crippen molar-refractivity contribution in [1.29, 1.82) is 0 Å². The van der Waals surface area contributed by atoms with Crippen LogP contribution in [0.4, 0.5) is 5.69 Å². The number of aryl methyl sites for hydroxylation is 1. The van der Waals surface area contributed by atoms with Gasteiger partial charge in [0.15, 0.2) is 5.78 Å². The molecule has 3 aliphatic rings. The van der Waals surface area contributed by atoms with Gasteiger partial charge < -0.3 is 0 Å². The largest absolute Gasteiger partial charge is 0.298 e. The van der Waals surface area contributed by atoms with E-state index in [1.807, 2.05) is 98.8 Å². The molecule has 0 aromatic heterocycles. The lowest BCUT2D eigenvalue weighted by atomic mass is 9.61. The van der Waals surface area contributed by atoms with E-state index in [9.17, 15) is 14.4 Å². The predicted molar refractivity (Wildman–Crippen MR) is 141 cm³/mol. The quantitative estimate of drug-likeness (QED) is 0.419. The number of amides is 2. The first kappa shape index (κ1) is 22.7. The molecule has 0 radical (unpaired) electrons. The van der Waals surface area contributed by atoms with Crippen LogP contribution in [0.2, 0.25) is 0 Å². The van der Waals surface area contributed by atoms with Crippen molar-refractivity contribution in [2.75, 3.05) is 4.90 Å². The molecule has 0 unspecified atom stereocenters. The van der Waals surface area contributed by atoms with Crippen LogP contribution in [0.25, 0.3) is 11.1 Å². The summed E-state index contributed by atoms with van der Waals surface area (Å²) in [5.41, 5.74) is 3.09. The minimum Gasteiger partial charge on any atom is -0.298 e. The second-order valence-corrected chi connectivity index (χ2v) is 10.5. The summed E-state index contributed by atoms with van der Waals surface area (Å²) in [5, 5.41) is 0. The Morgan fingerprint density at radius 3 is 1.83 bits per heavy atom. The third-order valence-corrected chi connectivity index (χ3v) is 8.68. The Morgan fingerprint density at radius 1 is 0.722 bits per heavy atom. The highest BCUT2D eigenvalue weighted by molar-refractivity contribution is 6.34. The molecule has 6 rings (SSSR count). The van der Waals surface area contributed by atoms with Crippen molar-refractivity contribution in [2.24, 2.45) is 22.7 Å². The summed E-state index contributed by atoms with van der Waals surface area (Å²) in [6, 6.07) is 27.4. The third-order valence-electron chi connectivity index (χ3n) is 8.68. The number of anilines is 1. The molecule has 0 spiro atoms.